The number of thiazole rings is 1. The van der Waals surface area contributed by atoms with E-state index in [2.05, 4.69) is 10.3 Å². The van der Waals surface area contributed by atoms with E-state index >= 15 is 0 Å². The van der Waals surface area contributed by atoms with Crippen LogP contribution in [0, 0.1) is 0 Å². The van der Waals surface area contributed by atoms with Crippen molar-refractivity contribution in [3.63, 3.8) is 0 Å². The van der Waals surface area contributed by atoms with E-state index in [-0.39, 0.29) is 0 Å². The van der Waals surface area contributed by atoms with Gasteiger partial charge in [0.25, 0.3) is 0 Å². The minimum absolute atomic E-state index is 0.520. The van der Waals surface area contributed by atoms with Gasteiger partial charge < -0.3 is 9.73 Å². The SMILES string of the molecule is Clc1csc(NCc2ccco2)n1. The predicted molar refractivity (Wildman–Crippen MR) is 53.2 cm³/mol. The largest absolute Gasteiger partial charge is 0.467 e. The lowest BCUT2D eigenvalue weighted by molar-refractivity contribution is 0.518. The third kappa shape index (κ3) is 2.23. The molecule has 0 spiro atoms. The van der Waals surface area contributed by atoms with Crippen molar-refractivity contribution in [2.45, 2.75) is 6.54 Å². The van der Waals surface area contributed by atoms with E-state index in [9.17, 15) is 0 Å². The normalized spacial score (nSPS) is 10.2. The zero-order chi connectivity index (χ0) is 9.10. The maximum absolute atomic E-state index is 5.66. The Morgan fingerprint density at radius 3 is 3.15 bits per heavy atom. The summed E-state index contributed by atoms with van der Waals surface area (Å²) >= 11 is 7.13. The maximum atomic E-state index is 5.66. The Morgan fingerprint density at radius 2 is 2.54 bits per heavy atom. The molecule has 0 aliphatic rings. The molecule has 2 heterocycles. The molecule has 5 heteroatoms. The van der Waals surface area contributed by atoms with Gasteiger partial charge in [0, 0.05) is 5.38 Å². The van der Waals surface area contributed by atoms with Crippen LogP contribution in [-0.4, -0.2) is 4.98 Å². The lowest BCUT2D eigenvalue weighted by Crippen LogP contribution is -1.96. The highest BCUT2D eigenvalue weighted by atomic mass is 35.5. The van der Waals surface area contributed by atoms with Crippen LogP contribution >= 0.6 is 22.9 Å². The van der Waals surface area contributed by atoms with E-state index < -0.39 is 0 Å². The summed E-state index contributed by atoms with van der Waals surface area (Å²) in [6.45, 7) is 0.636. The number of nitrogens with one attached hydrogen (secondary N) is 1. The molecule has 13 heavy (non-hydrogen) atoms. The molecule has 0 atom stereocenters. The van der Waals surface area contributed by atoms with Crippen LogP contribution in [0.2, 0.25) is 5.15 Å². The van der Waals surface area contributed by atoms with Crippen molar-refractivity contribution >= 4 is 28.1 Å². The Morgan fingerprint density at radius 1 is 1.62 bits per heavy atom. The molecule has 0 aliphatic carbocycles. The number of halogens is 1. The Hall–Kier alpha value is -1.00. The summed E-state index contributed by atoms with van der Waals surface area (Å²) in [5.74, 6) is 0.881. The summed E-state index contributed by atoms with van der Waals surface area (Å²) in [4.78, 5) is 4.04. The van der Waals surface area contributed by atoms with E-state index in [1.54, 1.807) is 11.6 Å². The van der Waals surface area contributed by atoms with Gasteiger partial charge in [-0.2, -0.15) is 0 Å². The monoisotopic (exact) mass is 214 g/mol. The number of rotatable bonds is 3. The number of nitrogens with zero attached hydrogens (tertiary/aromatic N) is 1. The van der Waals surface area contributed by atoms with Crippen molar-refractivity contribution in [1.82, 2.24) is 4.98 Å². The molecule has 68 valence electrons. The number of hydrogen-bond acceptors (Lipinski definition) is 4. The second-order valence-electron chi connectivity index (χ2n) is 2.41. The molecule has 3 nitrogen and oxygen atoms in total. The minimum atomic E-state index is 0.520. The first-order chi connectivity index (χ1) is 6.34. The molecule has 1 N–H and O–H groups in total. The predicted octanol–water partition coefficient (Wildman–Crippen LogP) is 3.00. The van der Waals surface area contributed by atoms with Crippen LogP contribution < -0.4 is 5.32 Å². The Kier molecular flexibility index (Phi) is 2.52. The Labute approximate surface area is 84.4 Å². The molecule has 2 rings (SSSR count). The molecular formula is C8H7ClN2OS. The van der Waals surface area contributed by atoms with Crippen LogP contribution in [-0.2, 0) is 6.54 Å². The van der Waals surface area contributed by atoms with Crippen molar-refractivity contribution in [2.75, 3.05) is 5.32 Å². The molecule has 2 aromatic heterocycles. The van der Waals surface area contributed by atoms with Gasteiger partial charge in [-0.3, -0.25) is 0 Å². The van der Waals surface area contributed by atoms with Gasteiger partial charge in [0.15, 0.2) is 5.13 Å². The molecule has 0 unspecified atom stereocenters. The van der Waals surface area contributed by atoms with Crippen LogP contribution in [0.15, 0.2) is 28.2 Å². The highest BCUT2D eigenvalue weighted by Gasteiger charge is 1.99. The first-order valence-electron chi connectivity index (χ1n) is 3.72. The van der Waals surface area contributed by atoms with Crippen LogP contribution in [0.5, 0.6) is 0 Å². The van der Waals surface area contributed by atoms with Gasteiger partial charge in [-0.25, -0.2) is 4.98 Å². The standard InChI is InChI=1S/C8H7ClN2OS/c9-7-5-13-8(11-7)10-4-6-2-1-3-12-6/h1-3,5H,4H2,(H,10,11). The third-order valence-electron chi connectivity index (χ3n) is 1.47. The van der Waals surface area contributed by atoms with Crippen LogP contribution in [0.25, 0.3) is 0 Å². The van der Waals surface area contributed by atoms with E-state index in [0.29, 0.717) is 11.7 Å². The Balaban J connectivity index is 1.93. The quantitative estimate of drug-likeness (QED) is 0.854. The van der Waals surface area contributed by atoms with Crippen molar-refractivity contribution in [2.24, 2.45) is 0 Å². The van der Waals surface area contributed by atoms with Gasteiger partial charge in [-0.05, 0) is 12.1 Å². The number of furan rings is 1. The van der Waals surface area contributed by atoms with Gasteiger partial charge >= 0.3 is 0 Å². The van der Waals surface area contributed by atoms with E-state index in [4.69, 9.17) is 16.0 Å². The fourth-order valence-electron chi connectivity index (χ4n) is 0.911. The van der Waals surface area contributed by atoms with Crippen molar-refractivity contribution in [1.29, 1.82) is 0 Å². The van der Waals surface area contributed by atoms with Crippen LogP contribution in [0.1, 0.15) is 5.76 Å². The van der Waals surface area contributed by atoms with Gasteiger partial charge in [-0.1, -0.05) is 11.6 Å². The molecule has 0 aromatic carbocycles. The van der Waals surface area contributed by atoms with Gasteiger partial charge in [-0.15, -0.1) is 11.3 Å². The summed E-state index contributed by atoms with van der Waals surface area (Å²) in [5, 5.41) is 6.21. The molecular weight excluding hydrogens is 208 g/mol. The van der Waals surface area contributed by atoms with Crippen molar-refractivity contribution in [3.05, 3.63) is 34.7 Å². The fraction of sp³-hybridized carbons (Fsp3) is 0.125. The highest BCUT2D eigenvalue weighted by molar-refractivity contribution is 7.14. The summed E-state index contributed by atoms with van der Waals surface area (Å²) < 4.78 is 5.14. The van der Waals surface area contributed by atoms with E-state index in [1.165, 1.54) is 11.3 Å². The van der Waals surface area contributed by atoms with Crippen LogP contribution in [0.3, 0.4) is 0 Å². The lowest BCUT2D eigenvalue weighted by atomic mass is 10.4. The topological polar surface area (TPSA) is 38.1 Å². The fourth-order valence-corrected chi connectivity index (χ4v) is 1.75. The molecule has 0 aliphatic heterocycles. The first-order valence-corrected chi connectivity index (χ1v) is 4.97. The maximum Gasteiger partial charge on any atom is 0.184 e. The molecule has 0 saturated heterocycles. The number of anilines is 1. The summed E-state index contributed by atoms with van der Waals surface area (Å²) in [5.41, 5.74) is 0. The first kappa shape index (κ1) is 8.59. The zero-order valence-corrected chi connectivity index (χ0v) is 8.23. The van der Waals surface area contributed by atoms with Crippen molar-refractivity contribution in [3.8, 4) is 0 Å². The third-order valence-corrected chi connectivity index (χ3v) is 2.59. The van der Waals surface area contributed by atoms with Crippen LogP contribution in [0.4, 0.5) is 5.13 Å². The zero-order valence-electron chi connectivity index (χ0n) is 6.66. The van der Waals surface area contributed by atoms with E-state index in [1.807, 2.05) is 12.1 Å². The van der Waals surface area contributed by atoms with E-state index in [0.717, 1.165) is 10.9 Å². The Bertz CT molecular complexity index is 371. The molecule has 0 fully saturated rings. The van der Waals surface area contributed by atoms with Gasteiger partial charge in [0.1, 0.15) is 10.9 Å². The summed E-state index contributed by atoms with van der Waals surface area (Å²) in [6, 6.07) is 3.76. The molecule has 0 radical (unpaired) electrons. The van der Waals surface area contributed by atoms with Gasteiger partial charge in [0.05, 0.1) is 12.8 Å². The second-order valence-corrected chi connectivity index (χ2v) is 3.65. The summed E-state index contributed by atoms with van der Waals surface area (Å²) in [7, 11) is 0. The minimum Gasteiger partial charge on any atom is -0.467 e. The number of aromatic nitrogens is 1. The molecule has 0 bridgehead atoms. The molecule has 0 amide bonds. The highest BCUT2D eigenvalue weighted by Crippen LogP contribution is 2.19. The smallest absolute Gasteiger partial charge is 0.184 e. The molecule has 2 aromatic rings. The average molecular weight is 215 g/mol. The lowest BCUT2D eigenvalue weighted by Gasteiger charge is -1.97. The van der Waals surface area contributed by atoms with Gasteiger partial charge in [0.2, 0.25) is 0 Å². The molecule has 0 saturated carbocycles. The second kappa shape index (κ2) is 3.81. The van der Waals surface area contributed by atoms with Crippen molar-refractivity contribution < 1.29 is 4.42 Å². The summed E-state index contributed by atoms with van der Waals surface area (Å²) in [6.07, 6.45) is 1.64. The average Bonchev–Trinajstić information content (AvgIpc) is 2.71. The number of hydrogen-bond donors (Lipinski definition) is 1.